The molecule has 0 saturated heterocycles. The molecular weight excluding hydrogens is 387 g/mol. The summed E-state index contributed by atoms with van der Waals surface area (Å²) in [5.41, 5.74) is 0.846. The van der Waals surface area contributed by atoms with E-state index in [1.807, 2.05) is 6.92 Å². The first-order valence-electron chi connectivity index (χ1n) is 11.3. The van der Waals surface area contributed by atoms with Crippen LogP contribution >= 0.6 is 0 Å². The number of pyridine rings is 1. The zero-order valence-corrected chi connectivity index (χ0v) is 16.3. The van der Waals surface area contributed by atoms with E-state index >= 15 is 0 Å². The first-order valence-corrected chi connectivity index (χ1v) is 9.78. The maximum Gasteiger partial charge on any atom is 0.228 e. The number of methoxy groups -OCH3 is 1. The predicted octanol–water partition coefficient (Wildman–Crippen LogP) is 3.53. The van der Waals surface area contributed by atoms with Crippen molar-refractivity contribution in [3.63, 3.8) is 0 Å². The Labute approximate surface area is 176 Å². The Balaban J connectivity index is 1.56. The van der Waals surface area contributed by atoms with Gasteiger partial charge in [0.25, 0.3) is 0 Å². The molecule has 4 heterocycles. The number of imidazole rings is 1. The molecule has 4 aromatic rings. The van der Waals surface area contributed by atoms with Crippen LogP contribution in [0.3, 0.4) is 0 Å². The van der Waals surface area contributed by atoms with Crippen molar-refractivity contribution in [1.82, 2.24) is 24.3 Å². The van der Waals surface area contributed by atoms with Crippen LogP contribution in [0.15, 0.2) is 30.9 Å². The second-order valence-electron chi connectivity index (χ2n) is 8.03. The standard InChI is InChI=1S/C21H23FN6O2/c1-21(29)5-3-13(4-6-21)25-20-26-17-16(19(27-20)30-2)14(10-24-17)12-9-15(22)18-23-7-8-28(18)11-12/h7-11,13,29H,3-6H2,1-2H3,(H2,24,25,26,27)/i2D3. The van der Waals surface area contributed by atoms with Crippen molar-refractivity contribution in [1.29, 1.82) is 0 Å². The highest BCUT2D eigenvalue weighted by Gasteiger charge is 2.29. The second-order valence-corrected chi connectivity index (χ2v) is 8.03. The summed E-state index contributed by atoms with van der Waals surface area (Å²) >= 11 is 0. The maximum atomic E-state index is 14.5. The van der Waals surface area contributed by atoms with E-state index in [4.69, 9.17) is 8.85 Å². The van der Waals surface area contributed by atoms with Gasteiger partial charge in [-0.25, -0.2) is 9.37 Å². The molecule has 0 atom stereocenters. The van der Waals surface area contributed by atoms with Crippen molar-refractivity contribution in [2.24, 2.45) is 0 Å². The van der Waals surface area contributed by atoms with Crippen LogP contribution < -0.4 is 10.1 Å². The van der Waals surface area contributed by atoms with E-state index in [2.05, 4.69) is 25.3 Å². The molecule has 8 nitrogen and oxygen atoms in total. The van der Waals surface area contributed by atoms with Gasteiger partial charge in [-0.05, 0) is 38.7 Å². The summed E-state index contributed by atoms with van der Waals surface area (Å²) in [6, 6.07) is 1.36. The smallest absolute Gasteiger partial charge is 0.228 e. The van der Waals surface area contributed by atoms with E-state index in [1.165, 1.54) is 12.3 Å². The lowest BCUT2D eigenvalue weighted by Gasteiger charge is -2.33. The fourth-order valence-corrected chi connectivity index (χ4v) is 4.07. The minimum atomic E-state index is -2.74. The van der Waals surface area contributed by atoms with Gasteiger partial charge in [0.05, 0.1) is 22.1 Å². The number of rotatable bonds is 4. The predicted molar refractivity (Wildman–Crippen MR) is 111 cm³/mol. The third-order valence-corrected chi connectivity index (χ3v) is 5.74. The number of anilines is 1. The average Bonchev–Trinajstić information content (AvgIpc) is 3.35. The summed E-state index contributed by atoms with van der Waals surface area (Å²) in [5.74, 6) is -0.428. The van der Waals surface area contributed by atoms with Crippen LogP contribution in [0.5, 0.6) is 5.88 Å². The average molecular weight is 413 g/mol. The van der Waals surface area contributed by atoms with Crippen LogP contribution in [-0.2, 0) is 0 Å². The fraction of sp³-hybridized carbons (Fsp3) is 0.381. The number of ether oxygens (including phenoxy) is 1. The minimum Gasteiger partial charge on any atom is -0.480 e. The topological polar surface area (TPSA) is 100 Å². The lowest BCUT2D eigenvalue weighted by Crippen LogP contribution is -2.36. The van der Waals surface area contributed by atoms with Gasteiger partial charge in [-0.1, -0.05) is 0 Å². The summed E-state index contributed by atoms with van der Waals surface area (Å²) in [6.07, 6.45) is 9.15. The number of aromatic nitrogens is 5. The third kappa shape index (κ3) is 3.24. The molecule has 0 amide bonds. The molecular formula is C21H23FN6O2. The number of nitrogens with zero attached hydrogens (tertiary/aromatic N) is 4. The Bertz CT molecular complexity index is 1320. The molecule has 156 valence electrons. The van der Waals surface area contributed by atoms with E-state index < -0.39 is 18.5 Å². The van der Waals surface area contributed by atoms with Crippen LogP contribution in [-0.4, -0.2) is 48.1 Å². The van der Waals surface area contributed by atoms with Gasteiger partial charge in [-0.3, -0.25) is 0 Å². The molecule has 1 aliphatic carbocycles. The number of hydrogen-bond donors (Lipinski definition) is 3. The summed E-state index contributed by atoms with van der Waals surface area (Å²) in [5, 5.41) is 13.7. The van der Waals surface area contributed by atoms with Gasteiger partial charge in [-0.2, -0.15) is 9.97 Å². The van der Waals surface area contributed by atoms with Crippen LogP contribution in [0.4, 0.5) is 10.3 Å². The van der Waals surface area contributed by atoms with Crippen LogP contribution in [0.25, 0.3) is 27.8 Å². The van der Waals surface area contributed by atoms with Crippen molar-refractivity contribution < 1.29 is 18.3 Å². The molecule has 0 unspecified atom stereocenters. The zero-order chi connectivity index (χ0) is 23.4. The highest BCUT2D eigenvalue weighted by molar-refractivity contribution is 5.97. The Morgan fingerprint density at radius 1 is 1.40 bits per heavy atom. The van der Waals surface area contributed by atoms with E-state index in [-0.39, 0.29) is 23.5 Å². The summed E-state index contributed by atoms with van der Waals surface area (Å²) < 4.78 is 44.1. The van der Waals surface area contributed by atoms with Gasteiger partial charge < -0.3 is 24.5 Å². The van der Waals surface area contributed by atoms with Gasteiger partial charge >= 0.3 is 0 Å². The van der Waals surface area contributed by atoms with Gasteiger partial charge in [0.15, 0.2) is 11.5 Å². The highest BCUT2D eigenvalue weighted by atomic mass is 19.1. The van der Waals surface area contributed by atoms with E-state index in [0.717, 1.165) is 12.8 Å². The molecule has 5 rings (SSSR count). The Morgan fingerprint density at radius 3 is 3.03 bits per heavy atom. The van der Waals surface area contributed by atoms with E-state index in [0.29, 0.717) is 35.0 Å². The summed E-state index contributed by atoms with van der Waals surface area (Å²) in [4.78, 5) is 15.9. The van der Waals surface area contributed by atoms with E-state index in [9.17, 15) is 9.50 Å². The molecule has 0 spiro atoms. The van der Waals surface area contributed by atoms with Crippen molar-refractivity contribution in [3.05, 3.63) is 36.7 Å². The molecule has 0 radical (unpaired) electrons. The number of hydrogen-bond acceptors (Lipinski definition) is 6. The molecule has 30 heavy (non-hydrogen) atoms. The van der Waals surface area contributed by atoms with E-state index in [1.54, 1.807) is 23.0 Å². The Hall–Kier alpha value is -3.20. The maximum absolute atomic E-state index is 14.5. The summed E-state index contributed by atoms with van der Waals surface area (Å²) in [7, 11) is -2.74. The van der Waals surface area contributed by atoms with Crippen molar-refractivity contribution in [2.45, 2.75) is 44.2 Å². The second kappa shape index (κ2) is 6.94. The van der Waals surface area contributed by atoms with Crippen molar-refractivity contribution in [3.8, 4) is 17.0 Å². The highest BCUT2D eigenvalue weighted by Crippen LogP contribution is 2.35. The largest absolute Gasteiger partial charge is 0.480 e. The van der Waals surface area contributed by atoms with Crippen LogP contribution in [0.1, 0.15) is 36.7 Å². The lowest BCUT2D eigenvalue weighted by atomic mass is 9.84. The molecule has 1 aliphatic rings. The minimum absolute atomic E-state index is 0.0375. The zero-order valence-electron chi connectivity index (χ0n) is 19.3. The number of halogens is 1. The van der Waals surface area contributed by atoms with Gasteiger partial charge in [0, 0.05) is 42.0 Å². The fourth-order valence-electron chi connectivity index (χ4n) is 4.07. The van der Waals surface area contributed by atoms with Crippen LogP contribution in [0, 0.1) is 5.82 Å². The molecule has 3 N–H and O–H groups in total. The molecule has 0 bridgehead atoms. The molecule has 1 saturated carbocycles. The molecule has 0 aromatic carbocycles. The van der Waals surface area contributed by atoms with Crippen LogP contribution in [0.2, 0.25) is 0 Å². The van der Waals surface area contributed by atoms with Gasteiger partial charge in [-0.15, -0.1) is 0 Å². The number of nitrogens with one attached hydrogen (secondary N) is 2. The lowest BCUT2D eigenvalue weighted by molar-refractivity contribution is 0.0195. The van der Waals surface area contributed by atoms with Gasteiger partial charge in [0.2, 0.25) is 11.8 Å². The number of H-pyrrole nitrogens is 1. The third-order valence-electron chi connectivity index (χ3n) is 5.74. The summed E-state index contributed by atoms with van der Waals surface area (Å²) in [6.45, 7) is 1.82. The Kier molecular flexibility index (Phi) is 3.61. The van der Waals surface area contributed by atoms with Crippen molar-refractivity contribution in [2.75, 3.05) is 12.4 Å². The monoisotopic (exact) mass is 413 g/mol. The SMILES string of the molecule is [2H]C([2H])([2H])Oc1nc(NC2CCC(C)(O)CC2)nc2[nH]cc(-c3cc(F)c4nccn4c3)c12. The normalized spacial score (nSPS) is 23.8. The molecule has 4 aromatic heterocycles. The molecule has 0 aliphatic heterocycles. The quantitative estimate of drug-likeness (QED) is 0.473. The first-order chi connectivity index (χ1) is 15.6. The van der Waals surface area contributed by atoms with Gasteiger partial charge in [0.1, 0.15) is 5.65 Å². The molecule has 1 fully saturated rings. The molecule has 9 heteroatoms. The number of fused-ring (bicyclic) bond motifs is 2. The Morgan fingerprint density at radius 2 is 2.23 bits per heavy atom. The number of aliphatic hydroxyl groups is 1. The number of aromatic amines is 1. The first kappa shape index (κ1) is 15.6. The van der Waals surface area contributed by atoms with Crippen molar-refractivity contribution >= 4 is 22.6 Å².